The summed E-state index contributed by atoms with van der Waals surface area (Å²) in [7, 11) is 0. The molecule has 4 rings (SSSR count). The van der Waals surface area contributed by atoms with Gasteiger partial charge in [-0.15, -0.1) is 0 Å². The average molecular weight is 460 g/mol. The number of benzene rings is 2. The van der Waals surface area contributed by atoms with Crippen molar-refractivity contribution >= 4 is 29.4 Å². The summed E-state index contributed by atoms with van der Waals surface area (Å²) in [5, 5.41) is 8.11. The molecule has 0 spiro atoms. The van der Waals surface area contributed by atoms with E-state index in [4.69, 9.17) is 4.42 Å². The Morgan fingerprint density at radius 1 is 1.00 bits per heavy atom. The number of furan rings is 1. The molecule has 3 N–H and O–H groups in total. The van der Waals surface area contributed by atoms with Crippen molar-refractivity contribution in [3.8, 4) is 0 Å². The van der Waals surface area contributed by atoms with Gasteiger partial charge >= 0.3 is 6.03 Å². The summed E-state index contributed by atoms with van der Waals surface area (Å²) in [5.41, 5.74) is -0.0622. The van der Waals surface area contributed by atoms with Gasteiger partial charge in [0.15, 0.2) is 0 Å². The first-order valence-corrected chi connectivity index (χ1v) is 10.8. The van der Waals surface area contributed by atoms with Crippen LogP contribution in [-0.2, 0) is 21.7 Å². The fraction of sp³-hybridized carbons (Fsp3) is 0.200. The zero-order chi connectivity index (χ0) is 24.1. The highest BCUT2D eigenvalue weighted by atomic mass is 16.3. The number of carbonyl (C=O) groups excluding carboxylic acids is 4. The number of carbonyl (C=O) groups is 4. The van der Waals surface area contributed by atoms with E-state index in [0.717, 1.165) is 4.90 Å². The van der Waals surface area contributed by atoms with Crippen molar-refractivity contribution in [2.75, 3.05) is 11.9 Å². The molecular formula is C25H24N4O5. The third-order valence-electron chi connectivity index (χ3n) is 5.72. The van der Waals surface area contributed by atoms with E-state index in [1.807, 2.05) is 6.07 Å². The van der Waals surface area contributed by atoms with Crippen LogP contribution in [0, 0.1) is 0 Å². The molecule has 2 aromatic carbocycles. The van der Waals surface area contributed by atoms with E-state index in [9.17, 15) is 19.2 Å². The van der Waals surface area contributed by atoms with E-state index in [0.29, 0.717) is 17.7 Å². The van der Waals surface area contributed by atoms with Crippen LogP contribution in [0.1, 0.15) is 35.0 Å². The minimum Gasteiger partial charge on any atom is -0.467 e. The summed E-state index contributed by atoms with van der Waals surface area (Å²) < 4.78 is 5.21. The lowest BCUT2D eigenvalue weighted by Gasteiger charge is -2.25. The molecule has 0 saturated carbocycles. The van der Waals surface area contributed by atoms with Gasteiger partial charge in [0.2, 0.25) is 5.91 Å². The molecule has 1 aliphatic rings. The van der Waals surface area contributed by atoms with Gasteiger partial charge in [-0.2, -0.15) is 0 Å². The molecule has 2 heterocycles. The summed E-state index contributed by atoms with van der Waals surface area (Å²) >= 11 is 0. The van der Waals surface area contributed by atoms with Crippen molar-refractivity contribution in [3.63, 3.8) is 0 Å². The molecule has 1 fully saturated rings. The summed E-state index contributed by atoms with van der Waals surface area (Å²) in [4.78, 5) is 52.2. The first-order valence-electron chi connectivity index (χ1n) is 10.8. The molecule has 1 saturated heterocycles. The maximum absolute atomic E-state index is 13.2. The van der Waals surface area contributed by atoms with Crippen LogP contribution in [-0.4, -0.2) is 35.2 Å². The van der Waals surface area contributed by atoms with Gasteiger partial charge in [0.25, 0.3) is 11.8 Å². The lowest BCUT2D eigenvalue weighted by Crippen LogP contribution is -2.44. The monoisotopic (exact) mass is 460 g/mol. The van der Waals surface area contributed by atoms with Gasteiger partial charge in [0, 0.05) is 0 Å². The minimum absolute atomic E-state index is 0.190. The van der Waals surface area contributed by atoms with Crippen molar-refractivity contribution in [1.82, 2.24) is 15.5 Å². The molecule has 0 aliphatic carbocycles. The van der Waals surface area contributed by atoms with Crippen LogP contribution in [0.4, 0.5) is 10.5 Å². The molecule has 0 radical (unpaired) electrons. The van der Waals surface area contributed by atoms with Gasteiger partial charge in [0.05, 0.1) is 24.1 Å². The Balaban J connectivity index is 1.45. The number of nitrogens with one attached hydrogen (secondary N) is 3. The Kier molecular flexibility index (Phi) is 6.44. The van der Waals surface area contributed by atoms with E-state index in [2.05, 4.69) is 16.0 Å². The predicted octanol–water partition coefficient (Wildman–Crippen LogP) is 3.01. The number of amides is 5. The molecule has 1 aromatic heterocycles. The quantitative estimate of drug-likeness (QED) is 0.446. The molecule has 174 valence electrons. The topological polar surface area (TPSA) is 121 Å². The summed E-state index contributed by atoms with van der Waals surface area (Å²) in [5.74, 6) is -0.914. The number of nitrogens with zero attached hydrogens (tertiary/aromatic N) is 1. The fourth-order valence-electron chi connectivity index (χ4n) is 3.93. The molecular weight excluding hydrogens is 436 g/mol. The van der Waals surface area contributed by atoms with E-state index in [-0.39, 0.29) is 17.8 Å². The third-order valence-corrected chi connectivity index (χ3v) is 5.72. The molecule has 0 bridgehead atoms. The summed E-state index contributed by atoms with van der Waals surface area (Å²) in [6, 6.07) is 18.2. The second-order valence-electron chi connectivity index (χ2n) is 7.80. The van der Waals surface area contributed by atoms with Gasteiger partial charge < -0.3 is 20.4 Å². The Morgan fingerprint density at radius 3 is 2.44 bits per heavy atom. The van der Waals surface area contributed by atoms with Crippen LogP contribution in [0.3, 0.4) is 0 Å². The van der Waals surface area contributed by atoms with Crippen molar-refractivity contribution in [2.24, 2.45) is 0 Å². The van der Waals surface area contributed by atoms with Crippen molar-refractivity contribution in [3.05, 3.63) is 89.9 Å². The zero-order valence-electron chi connectivity index (χ0n) is 18.5. The van der Waals surface area contributed by atoms with Crippen molar-refractivity contribution < 1.29 is 23.6 Å². The standard InChI is InChI=1S/C25H24N4O5/c1-2-25(17-9-4-3-5-10-17)23(32)29(24(33)28-25)16-21(30)27-20-13-7-6-12-19(20)22(31)26-15-18-11-8-14-34-18/h3-14H,2,15-16H2,1H3,(H,26,31)(H,27,30)(H,28,33)/t25-/m0/s1. The number of anilines is 1. The Labute approximate surface area is 196 Å². The van der Waals surface area contributed by atoms with E-state index in [1.54, 1.807) is 67.6 Å². The number of imide groups is 1. The average Bonchev–Trinajstić information content (AvgIpc) is 3.46. The largest absolute Gasteiger partial charge is 0.467 e. The maximum atomic E-state index is 13.2. The smallest absolute Gasteiger partial charge is 0.325 e. The SMILES string of the molecule is CC[C@@]1(c2ccccc2)NC(=O)N(CC(=O)Nc2ccccc2C(=O)NCc2ccco2)C1=O. The predicted molar refractivity (Wildman–Crippen MR) is 124 cm³/mol. The van der Waals surface area contributed by atoms with Crippen LogP contribution in [0.15, 0.2) is 77.4 Å². The van der Waals surface area contributed by atoms with Crippen molar-refractivity contribution in [1.29, 1.82) is 0 Å². The zero-order valence-corrected chi connectivity index (χ0v) is 18.5. The van der Waals surface area contributed by atoms with Crippen LogP contribution in [0.2, 0.25) is 0 Å². The number of rotatable bonds is 8. The van der Waals surface area contributed by atoms with Crippen molar-refractivity contribution in [2.45, 2.75) is 25.4 Å². The van der Waals surface area contributed by atoms with Crippen LogP contribution < -0.4 is 16.0 Å². The molecule has 5 amide bonds. The number of hydrogen-bond donors (Lipinski definition) is 3. The summed E-state index contributed by atoms with van der Waals surface area (Å²) in [6.07, 6.45) is 1.84. The summed E-state index contributed by atoms with van der Waals surface area (Å²) in [6.45, 7) is 1.50. The number of para-hydroxylation sites is 1. The highest BCUT2D eigenvalue weighted by molar-refractivity contribution is 6.11. The Hall–Kier alpha value is -4.40. The fourth-order valence-corrected chi connectivity index (χ4v) is 3.93. The molecule has 0 unspecified atom stereocenters. The maximum Gasteiger partial charge on any atom is 0.325 e. The van der Waals surface area contributed by atoms with E-state index >= 15 is 0 Å². The molecule has 9 heteroatoms. The molecule has 9 nitrogen and oxygen atoms in total. The van der Waals surface area contributed by atoms with Gasteiger partial charge in [-0.05, 0) is 36.2 Å². The molecule has 1 atom stereocenters. The lowest BCUT2D eigenvalue weighted by molar-refractivity contribution is -0.134. The molecule has 3 aromatic rings. The number of urea groups is 1. The second kappa shape index (κ2) is 9.62. The second-order valence-corrected chi connectivity index (χ2v) is 7.80. The molecule has 34 heavy (non-hydrogen) atoms. The Bertz CT molecular complexity index is 1210. The van der Waals surface area contributed by atoms with Gasteiger partial charge in [-0.3, -0.25) is 19.3 Å². The van der Waals surface area contributed by atoms with Gasteiger partial charge in [0.1, 0.15) is 17.8 Å². The van der Waals surface area contributed by atoms with Crippen LogP contribution >= 0.6 is 0 Å². The number of hydrogen-bond acceptors (Lipinski definition) is 5. The first kappa shape index (κ1) is 22.8. The van der Waals surface area contributed by atoms with E-state index in [1.165, 1.54) is 6.26 Å². The van der Waals surface area contributed by atoms with Crippen LogP contribution in [0.25, 0.3) is 0 Å². The first-order chi connectivity index (χ1) is 16.4. The normalized spacial score (nSPS) is 17.4. The molecule has 1 aliphatic heterocycles. The lowest BCUT2D eigenvalue weighted by atomic mass is 9.87. The highest BCUT2D eigenvalue weighted by Gasteiger charge is 2.51. The van der Waals surface area contributed by atoms with Gasteiger partial charge in [-0.25, -0.2) is 4.79 Å². The van der Waals surface area contributed by atoms with E-state index < -0.39 is 35.8 Å². The van der Waals surface area contributed by atoms with Crippen LogP contribution in [0.5, 0.6) is 0 Å². The third kappa shape index (κ3) is 4.40. The highest BCUT2D eigenvalue weighted by Crippen LogP contribution is 2.32. The Morgan fingerprint density at radius 2 is 1.74 bits per heavy atom. The van der Waals surface area contributed by atoms with Gasteiger partial charge in [-0.1, -0.05) is 49.4 Å². The minimum atomic E-state index is -1.22.